The van der Waals surface area contributed by atoms with Gasteiger partial charge in [-0.05, 0) is 33.8 Å². The summed E-state index contributed by atoms with van der Waals surface area (Å²) in [4.78, 5) is 0. The molecule has 0 spiro atoms. The van der Waals surface area contributed by atoms with Crippen molar-refractivity contribution in [3.05, 3.63) is 61.1 Å². The van der Waals surface area contributed by atoms with Gasteiger partial charge < -0.3 is 4.74 Å². The summed E-state index contributed by atoms with van der Waals surface area (Å²) < 4.78 is 4.97. The Bertz CT molecular complexity index is 251. The molecular formula is C16H28O. The van der Waals surface area contributed by atoms with E-state index >= 15 is 0 Å². The predicted octanol–water partition coefficient (Wildman–Crippen LogP) is 5.79. The molecule has 0 aromatic carbocycles. The average molecular weight is 236 g/mol. The van der Waals surface area contributed by atoms with E-state index in [1.807, 2.05) is 65.8 Å². The Morgan fingerprint density at radius 2 is 1.53 bits per heavy atom. The Kier molecular flexibility index (Phi) is 24.5. The summed E-state index contributed by atoms with van der Waals surface area (Å²) in [6, 6.07) is 0. The minimum absolute atomic E-state index is 0.858. The van der Waals surface area contributed by atoms with Crippen LogP contribution in [0.4, 0.5) is 0 Å². The zero-order valence-electron chi connectivity index (χ0n) is 12.3. The van der Waals surface area contributed by atoms with Gasteiger partial charge in [0.1, 0.15) is 5.76 Å². The molecule has 98 valence electrons. The molecule has 0 bridgehead atoms. The first-order chi connectivity index (χ1) is 8.08. The molecule has 0 aromatic heterocycles. The quantitative estimate of drug-likeness (QED) is 0.443. The molecule has 0 amide bonds. The van der Waals surface area contributed by atoms with Crippen molar-refractivity contribution >= 4 is 0 Å². The van der Waals surface area contributed by atoms with E-state index in [-0.39, 0.29) is 0 Å². The van der Waals surface area contributed by atoms with E-state index in [0.717, 1.165) is 5.76 Å². The summed E-state index contributed by atoms with van der Waals surface area (Å²) in [6.07, 6.45) is 10.9. The molecule has 0 aliphatic rings. The minimum atomic E-state index is 0.858. The normalized spacial score (nSPS) is 9.18. The van der Waals surface area contributed by atoms with Crippen molar-refractivity contribution in [1.29, 1.82) is 0 Å². The second-order valence-corrected chi connectivity index (χ2v) is 3.07. The van der Waals surface area contributed by atoms with Crippen molar-refractivity contribution in [2.45, 2.75) is 41.5 Å². The van der Waals surface area contributed by atoms with Crippen LogP contribution in [0.25, 0.3) is 0 Å². The lowest BCUT2D eigenvalue weighted by atomic mass is 10.3. The molecule has 0 saturated carbocycles. The summed E-state index contributed by atoms with van der Waals surface area (Å²) in [5.74, 6) is 0.858. The van der Waals surface area contributed by atoms with E-state index in [9.17, 15) is 0 Å². The van der Waals surface area contributed by atoms with E-state index < -0.39 is 0 Å². The van der Waals surface area contributed by atoms with Crippen LogP contribution >= 0.6 is 0 Å². The van der Waals surface area contributed by atoms with Gasteiger partial charge in [0.2, 0.25) is 0 Å². The van der Waals surface area contributed by atoms with Crippen LogP contribution in [0.15, 0.2) is 61.1 Å². The highest BCUT2D eigenvalue weighted by atomic mass is 16.5. The first-order valence-electron chi connectivity index (χ1n) is 5.91. The molecule has 17 heavy (non-hydrogen) atoms. The topological polar surface area (TPSA) is 9.23 Å². The van der Waals surface area contributed by atoms with Gasteiger partial charge in [0.25, 0.3) is 0 Å². The third kappa shape index (κ3) is 31.4. The molecule has 1 nitrogen and oxygen atoms in total. The van der Waals surface area contributed by atoms with Gasteiger partial charge in [0, 0.05) is 0 Å². The fourth-order valence-electron chi connectivity index (χ4n) is 0.591. The molecule has 0 unspecified atom stereocenters. The van der Waals surface area contributed by atoms with Gasteiger partial charge in [0.15, 0.2) is 0 Å². The van der Waals surface area contributed by atoms with Gasteiger partial charge in [-0.25, -0.2) is 0 Å². The van der Waals surface area contributed by atoms with Crippen LogP contribution in [-0.4, -0.2) is 0 Å². The molecule has 1 heteroatoms. The molecule has 0 fully saturated rings. The second-order valence-electron chi connectivity index (χ2n) is 3.07. The van der Waals surface area contributed by atoms with E-state index in [4.69, 9.17) is 4.74 Å². The first kappa shape index (κ1) is 20.9. The number of allylic oxidation sites excluding steroid dienone is 7. The zero-order valence-corrected chi connectivity index (χ0v) is 12.3. The lowest BCUT2D eigenvalue weighted by Crippen LogP contribution is -1.75. The van der Waals surface area contributed by atoms with Crippen LogP contribution in [0.2, 0.25) is 0 Å². The Labute approximate surface area is 108 Å². The smallest absolute Gasteiger partial charge is 0.100 e. The summed E-state index contributed by atoms with van der Waals surface area (Å²) >= 11 is 0. The second kappa shape index (κ2) is 20.0. The van der Waals surface area contributed by atoms with Gasteiger partial charge in [-0.3, -0.25) is 0 Å². The molecular weight excluding hydrogens is 208 g/mol. The lowest BCUT2D eigenvalue weighted by molar-refractivity contribution is 0.355. The van der Waals surface area contributed by atoms with Gasteiger partial charge in [-0.1, -0.05) is 56.9 Å². The Balaban J connectivity index is -0.000000236. The molecule has 0 heterocycles. The number of hydrogen-bond acceptors (Lipinski definition) is 1. The molecule has 0 atom stereocenters. The summed E-state index contributed by atoms with van der Waals surface area (Å²) in [6.45, 7) is 18.8. The molecule has 0 saturated heterocycles. The van der Waals surface area contributed by atoms with Crippen molar-refractivity contribution in [2.75, 3.05) is 0 Å². The maximum absolute atomic E-state index is 4.97. The third-order valence-corrected chi connectivity index (χ3v) is 1.25. The van der Waals surface area contributed by atoms with Crippen molar-refractivity contribution < 1.29 is 4.74 Å². The minimum Gasteiger partial charge on any atom is -0.470 e. The largest absolute Gasteiger partial charge is 0.470 e. The highest BCUT2D eigenvalue weighted by Gasteiger charge is 1.80. The zero-order chi connectivity index (χ0) is 14.1. The SMILES string of the molecule is C=C/C=C\C.C=CO/C(C)=C/C=C(C)C.CC. The Morgan fingerprint density at radius 3 is 1.76 bits per heavy atom. The monoisotopic (exact) mass is 236 g/mol. The van der Waals surface area contributed by atoms with Crippen LogP contribution < -0.4 is 0 Å². The highest BCUT2D eigenvalue weighted by Crippen LogP contribution is 1.97. The summed E-state index contributed by atoms with van der Waals surface area (Å²) in [5, 5.41) is 0. The van der Waals surface area contributed by atoms with Crippen LogP contribution in [0.3, 0.4) is 0 Å². The van der Waals surface area contributed by atoms with E-state index in [1.165, 1.54) is 11.8 Å². The number of rotatable bonds is 4. The van der Waals surface area contributed by atoms with E-state index in [2.05, 4.69) is 13.2 Å². The van der Waals surface area contributed by atoms with Gasteiger partial charge in [-0.15, -0.1) is 0 Å². The summed E-state index contributed by atoms with van der Waals surface area (Å²) in [5.41, 5.74) is 1.26. The Hall–Kier alpha value is -1.50. The van der Waals surface area contributed by atoms with E-state index in [1.54, 1.807) is 6.08 Å². The fraction of sp³-hybridized carbons (Fsp3) is 0.375. The molecule has 0 aliphatic carbocycles. The van der Waals surface area contributed by atoms with Crippen molar-refractivity contribution in [3.8, 4) is 0 Å². The lowest BCUT2D eigenvalue weighted by Gasteiger charge is -1.95. The first-order valence-corrected chi connectivity index (χ1v) is 5.91. The van der Waals surface area contributed by atoms with Crippen molar-refractivity contribution in [3.63, 3.8) is 0 Å². The predicted molar refractivity (Wildman–Crippen MR) is 80.8 cm³/mol. The van der Waals surface area contributed by atoms with Gasteiger partial charge >= 0.3 is 0 Å². The molecule has 0 radical (unpaired) electrons. The molecule has 0 N–H and O–H groups in total. The summed E-state index contributed by atoms with van der Waals surface area (Å²) in [7, 11) is 0. The van der Waals surface area contributed by atoms with Crippen LogP contribution in [0, 0.1) is 0 Å². The van der Waals surface area contributed by atoms with Gasteiger partial charge in [-0.2, -0.15) is 0 Å². The average Bonchev–Trinajstić information content (AvgIpc) is 2.31. The van der Waals surface area contributed by atoms with Crippen LogP contribution in [0.5, 0.6) is 0 Å². The van der Waals surface area contributed by atoms with Crippen LogP contribution in [0.1, 0.15) is 41.5 Å². The van der Waals surface area contributed by atoms with Crippen molar-refractivity contribution in [2.24, 2.45) is 0 Å². The standard InChI is InChI=1S/C9H14O.C5H8.C2H6/c1-5-10-9(4)7-6-8(2)3;1-3-5-4-2;1-2/h5-7H,1H2,2-4H3;3-5H,1H2,2H3;1-2H3/b9-7+;5-4-;. The molecule has 0 rings (SSSR count). The van der Waals surface area contributed by atoms with Crippen LogP contribution in [-0.2, 0) is 4.74 Å². The number of hydrogen-bond donors (Lipinski definition) is 0. The number of ether oxygens (including phenoxy) is 1. The maximum Gasteiger partial charge on any atom is 0.100 e. The highest BCUT2D eigenvalue weighted by molar-refractivity contribution is 5.10. The fourth-order valence-corrected chi connectivity index (χ4v) is 0.591. The van der Waals surface area contributed by atoms with Gasteiger partial charge in [0.05, 0.1) is 6.26 Å². The Morgan fingerprint density at radius 1 is 1.00 bits per heavy atom. The third-order valence-electron chi connectivity index (χ3n) is 1.25. The molecule has 0 aromatic rings. The maximum atomic E-state index is 4.97. The van der Waals surface area contributed by atoms with Crippen molar-refractivity contribution in [1.82, 2.24) is 0 Å². The molecule has 0 aliphatic heterocycles. The van der Waals surface area contributed by atoms with E-state index in [0.29, 0.717) is 0 Å².